The van der Waals surface area contributed by atoms with Gasteiger partial charge in [-0.2, -0.15) is 0 Å². The number of aromatic carboxylic acids is 1. The van der Waals surface area contributed by atoms with Gasteiger partial charge < -0.3 is 9.63 Å². The molecule has 0 aliphatic heterocycles. The van der Waals surface area contributed by atoms with Crippen LogP contribution in [0.25, 0.3) is 11.3 Å². The topological polar surface area (TPSA) is 80.4 Å². The Morgan fingerprint density at radius 1 is 1.28 bits per heavy atom. The molecule has 0 spiro atoms. The molecule has 1 aromatic carbocycles. The Labute approximate surface area is 98.6 Å². The summed E-state index contributed by atoms with van der Waals surface area (Å²) in [5.74, 6) is -3.82. The number of aromatic nitrogens is 1. The minimum absolute atomic E-state index is 0.0658. The average Bonchev–Trinajstić information content (AvgIpc) is 2.81. The molecule has 0 aliphatic rings. The summed E-state index contributed by atoms with van der Waals surface area (Å²) in [4.78, 5) is 21.3. The summed E-state index contributed by atoms with van der Waals surface area (Å²) in [6.07, 6.45) is 0.306. The zero-order valence-electron chi connectivity index (χ0n) is 8.68. The van der Waals surface area contributed by atoms with Crippen LogP contribution in [0.2, 0.25) is 0 Å². The molecule has 2 aromatic rings. The predicted octanol–water partition coefficient (Wildman–Crippen LogP) is 2.13. The van der Waals surface area contributed by atoms with Crippen LogP contribution in [-0.2, 0) is 0 Å². The van der Waals surface area contributed by atoms with Gasteiger partial charge in [0.25, 0.3) is 0 Å². The van der Waals surface area contributed by atoms with E-state index < -0.39 is 23.3 Å². The van der Waals surface area contributed by atoms with E-state index in [1.165, 1.54) is 0 Å². The molecule has 5 nitrogen and oxygen atoms in total. The minimum Gasteiger partial charge on any atom is -0.476 e. The number of nitrogens with zero attached hydrogens (tertiary/aromatic N) is 1. The van der Waals surface area contributed by atoms with Crippen LogP contribution >= 0.6 is 0 Å². The van der Waals surface area contributed by atoms with Crippen LogP contribution in [0, 0.1) is 11.6 Å². The molecule has 0 amide bonds. The predicted molar refractivity (Wildman–Crippen MR) is 54.2 cm³/mol. The first-order chi connectivity index (χ1) is 8.52. The fourth-order valence-electron chi connectivity index (χ4n) is 1.38. The van der Waals surface area contributed by atoms with Gasteiger partial charge in [-0.25, -0.2) is 13.6 Å². The van der Waals surface area contributed by atoms with Gasteiger partial charge in [0, 0.05) is 17.2 Å². The maximum Gasteiger partial charge on any atom is 0.358 e. The summed E-state index contributed by atoms with van der Waals surface area (Å²) >= 11 is 0. The lowest BCUT2D eigenvalue weighted by Gasteiger charge is -2.01. The van der Waals surface area contributed by atoms with E-state index in [0.29, 0.717) is 12.4 Å². The summed E-state index contributed by atoms with van der Waals surface area (Å²) in [5.41, 5.74) is -0.627. The highest BCUT2D eigenvalue weighted by molar-refractivity contribution is 5.89. The van der Waals surface area contributed by atoms with Crippen molar-refractivity contribution in [3.63, 3.8) is 0 Å². The molecule has 0 radical (unpaired) electrons. The Hall–Kier alpha value is -2.57. The van der Waals surface area contributed by atoms with E-state index in [1.807, 2.05) is 0 Å². The molecule has 0 aliphatic carbocycles. The number of halogens is 2. The number of hydrogen-bond acceptors (Lipinski definition) is 4. The van der Waals surface area contributed by atoms with E-state index in [1.54, 1.807) is 0 Å². The second-order valence-electron chi connectivity index (χ2n) is 3.35. The first-order valence-electron chi connectivity index (χ1n) is 4.67. The summed E-state index contributed by atoms with van der Waals surface area (Å²) in [6.45, 7) is 0. The molecule has 1 aromatic heterocycles. The average molecular weight is 253 g/mol. The van der Waals surface area contributed by atoms with Crippen LogP contribution in [0.3, 0.4) is 0 Å². The molecule has 1 heterocycles. The van der Waals surface area contributed by atoms with Crippen molar-refractivity contribution in [3.05, 3.63) is 41.1 Å². The van der Waals surface area contributed by atoms with Crippen LogP contribution < -0.4 is 0 Å². The number of aldehydes is 1. The molecular formula is C11H5F2NO4. The Morgan fingerprint density at radius 3 is 2.50 bits per heavy atom. The number of rotatable bonds is 3. The van der Waals surface area contributed by atoms with Crippen molar-refractivity contribution >= 4 is 12.3 Å². The number of benzene rings is 1. The molecule has 0 bridgehead atoms. The van der Waals surface area contributed by atoms with Gasteiger partial charge in [-0.3, -0.25) is 4.79 Å². The van der Waals surface area contributed by atoms with Crippen LogP contribution in [0.1, 0.15) is 20.8 Å². The Bertz CT molecular complexity index is 636. The number of carboxylic acid groups (broad SMARTS) is 1. The summed E-state index contributed by atoms with van der Waals surface area (Å²) in [6, 6.07) is 2.45. The summed E-state index contributed by atoms with van der Waals surface area (Å²) in [5, 5.41) is 11.9. The largest absolute Gasteiger partial charge is 0.476 e. The van der Waals surface area contributed by atoms with E-state index in [2.05, 4.69) is 9.68 Å². The molecule has 0 saturated heterocycles. The van der Waals surface area contributed by atoms with Gasteiger partial charge >= 0.3 is 5.97 Å². The van der Waals surface area contributed by atoms with Crippen molar-refractivity contribution < 1.29 is 28.0 Å². The first-order valence-corrected chi connectivity index (χ1v) is 4.67. The highest BCUT2D eigenvalue weighted by atomic mass is 19.2. The van der Waals surface area contributed by atoms with Gasteiger partial charge in [-0.05, 0) is 12.1 Å². The third kappa shape index (κ3) is 1.97. The molecule has 0 fully saturated rings. The van der Waals surface area contributed by atoms with Crippen LogP contribution in [-0.4, -0.2) is 22.5 Å². The van der Waals surface area contributed by atoms with Crippen molar-refractivity contribution in [2.45, 2.75) is 0 Å². The zero-order chi connectivity index (χ0) is 13.3. The normalized spacial score (nSPS) is 10.3. The fraction of sp³-hybridized carbons (Fsp3) is 0. The maximum atomic E-state index is 13.1. The zero-order valence-corrected chi connectivity index (χ0v) is 8.68. The van der Waals surface area contributed by atoms with Crippen LogP contribution in [0.5, 0.6) is 0 Å². The second kappa shape index (κ2) is 4.36. The molecule has 92 valence electrons. The van der Waals surface area contributed by atoms with E-state index >= 15 is 0 Å². The van der Waals surface area contributed by atoms with Crippen molar-refractivity contribution in [2.24, 2.45) is 0 Å². The highest BCUT2D eigenvalue weighted by Crippen LogP contribution is 2.26. The molecule has 0 unspecified atom stereocenters. The van der Waals surface area contributed by atoms with Gasteiger partial charge in [0.1, 0.15) is 0 Å². The second-order valence-corrected chi connectivity index (χ2v) is 3.35. The molecule has 18 heavy (non-hydrogen) atoms. The minimum atomic E-state index is -1.33. The smallest absolute Gasteiger partial charge is 0.358 e. The number of hydrogen-bond donors (Lipinski definition) is 1. The summed E-state index contributed by atoms with van der Waals surface area (Å²) in [7, 11) is 0. The van der Waals surface area contributed by atoms with Gasteiger partial charge in [-0.15, -0.1) is 0 Å². The lowest BCUT2D eigenvalue weighted by molar-refractivity contribution is 0.0685. The first kappa shape index (κ1) is 11.9. The molecular weight excluding hydrogens is 248 g/mol. The molecule has 0 saturated carbocycles. The van der Waals surface area contributed by atoms with E-state index in [-0.39, 0.29) is 16.9 Å². The lowest BCUT2D eigenvalue weighted by Crippen LogP contribution is -1.95. The van der Waals surface area contributed by atoms with Crippen LogP contribution in [0.4, 0.5) is 8.78 Å². The van der Waals surface area contributed by atoms with Crippen molar-refractivity contribution in [1.29, 1.82) is 0 Å². The quantitative estimate of drug-likeness (QED) is 0.847. The lowest BCUT2D eigenvalue weighted by atomic mass is 10.1. The summed E-state index contributed by atoms with van der Waals surface area (Å²) < 4.78 is 30.7. The van der Waals surface area contributed by atoms with Gasteiger partial charge in [-0.1, -0.05) is 5.16 Å². The third-order valence-corrected chi connectivity index (χ3v) is 2.21. The van der Waals surface area contributed by atoms with E-state index in [9.17, 15) is 18.4 Å². The fourth-order valence-corrected chi connectivity index (χ4v) is 1.38. The Balaban J connectivity index is 2.58. The van der Waals surface area contributed by atoms with Crippen LogP contribution in [0.15, 0.2) is 22.7 Å². The number of carbonyl (C=O) groups is 2. The van der Waals surface area contributed by atoms with E-state index in [0.717, 1.165) is 12.1 Å². The Kier molecular flexibility index (Phi) is 2.88. The van der Waals surface area contributed by atoms with Gasteiger partial charge in [0.05, 0.1) is 0 Å². The SMILES string of the molecule is O=Cc1cc(F)c(F)cc1-c1cc(C(=O)O)no1. The molecule has 0 atom stereocenters. The maximum absolute atomic E-state index is 13.1. The Morgan fingerprint density at radius 2 is 1.94 bits per heavy atom. The highest BCUT2D eigenvalue weighted by Gasteiger charge is 2.17. The van der Waals surface area contributed by atoms with Crippen molar-refractivity contribution in [3.8, 4) is 11.3 Å². The van der Waals surface area contributed by atoms with Crippen molar-refractivity contribution in [1.82, 2.24) is 5.16 Å². The van der Waals surface area contributed by atoms with E-state index in [4.69, 9.17) is 5.11 Å². The third-order valence-electron chi connectivity index (χ3n) is 2.21. The number of carbonyl (C=O) groups excluding carboxylic acids is 1. The standard InChI is InChI=1S/C11H5F2NO4/c12-7-1-5(4-15)6(2-8(7)13)10-3-9(11(16)17)14-18-10/h1-4H,(H,16,17). The monoisotopic (exact) mass is 253 g/mol. The number of carboxylic acids is 1. The molecule has 1 N–H and O–H groups in total. The molecule has 7 heteroatoms. The van der Waals surface area contributed by atoms with Gasteiger partial charge in [0.2, 0.25) is 0 Å². The van der Waals surface area contributed by atoms with Gasteiger partial charge in [0.15, 0.2) is 29.4 Å². The molecule has 2 rings (SSSR count). The van der Waals surface area contributed by atoms with Crippen molar-refractivity contribution in [2.75, 3.05) is 0 Å².